The third-order valence-electron chi connectivity index (χ3n) is 3.10. The predicted molar refractivity (Wildman–Crippen MR) is 66.6 cm³/mol. The van der Waals surface area contributed by atoms with E-state index in [0.29, 0.717) is 12.0 Å². The van der Waals surface area contributed by atoms with Gasteiger partial charge < -0.3 is 5.32 Å². The standard InChI is InChI=1S/C11H24N2OS/c1-4-15(14)8-7-13-6-5-12-9-11(13)10(2)3/h10-12H,4-9H2,1-3H3. The summed E-state index contributed by atoms with van der Waals surface area (Å²) >= 11 is 0. The van der Waals surface area contributed by atoms with E-state index >= 15 is 0 Å². The number of hydrogen-bond donors (Lipinski definition) is 1. The summed E-state index contributed by atoms with van der Waals surface area (Å²) in [6.45, 7) is 10.8. The second kappa shape index (κ2) is 6.61. The maximum Gasteiger partial charge on any atom is 0.0362 e. The Kier molecular flexibility index (Phi) is 5.79. The minimum Gasteiger partial charge on any atom is -0.314 e. The van der Waals surface area contributed by atoms with Crippen LogP contribution in [-0.2, 0) is 10.8 Å². The molecule has 90 valence electrons. The van der Waals surface area contributed by atoms with Crippen LogP contribution in [0.15, 0.2) is 0 Å². The van der Waals surface area contributed by atoms with Crippen molar-refractivity contribution in [2.24, 2.45) is 5.92 Å². The van der Waals surface area contributed by atoms with Crippen molar-refractivity contribution in [1.29, 1.82) is 0 Å². The second-order valence-electron chi connectivity index (χ2n) is 4.48. The quantitative estimate of drug-likeness (QED) is 0.757. The van der Waals surface area contributed by atoms with E-state index in [2.05, 4.69) is 24.1 Å². The van der Waals surface area contributed by atoms with Crippen LogP contribution in [0.4, 0.5) is 0 Å². The van der Waals surface area contributed by atoms with Crippen molar-refractivity contribution in [3.05, 3.63) is 0 Å². The van der Waals surface area contributed by atoms with Crippen LogP contribution in [0.25, 0.3) is 0 Å². The number of hydrogen-bond acceptors (Lipinski definition) is 3. The number of nitrogens with zero attached hydrogens (tertiary/aromatic N) is 1. The third-order valence-corrected chi connectivity index (χ3v) is 4.38. The Balaban J connectivity index is 2.39. The number of rotatable bonds is 5. The average molecular weight is 232 g/mol. The molecule has 1 N–H and O–H groups in total. The number of nitrogens with one attached hydrogen (secondary N) is 1. The van der Waals surface area contributed by atoms with Gasteiger partial charge in [0.25, 0.3) is 0 Å². The highest BCUT2D eigenvalue weighted by Gasteiger charge is 2.24. The van der Waals surface area contributed by atoms with E-state index in [1.54, 1.807) is 0 Å². The molecule has 0 aromatic rings. The van der Waals surface area contributed by atoms with Crippen LogP contribution in [0.5, 0.6) is 0 Å². The number of piperazine rings is 1. The van der Waals surface area contributed by atoms with Crippen LogP contribution in [0.2, 0.25) is 0 Å². The highest BCUT2D eigenvalue weighted by molar-refractivity contribution is 7.84. The van der Waals surface area contributed by atoms with Crippen molar-refractivity contribution in [3.8, 4) is 0 Å². The zero-order chi connectivity index (χ0) is 11.3. The van der Waals surface area contributed by atoms with Gasteiger partial charge in [0.05, 0.1) is 0 Å². The Morgan fingerprint density at radius 2 is 2.27 bits per heavy atom. The molecule has 1 heterocycles. The summed E-state index contributed by atoms with van der Waals surface area (Å²) < 4.78 is 11.4. The molecule has 1 rings (SSSR count). The van der Waals surface area contributed by atoms with Crippen LogP contribution in [0.3, 0.4) is 0 Å². The van der Waals surface area contributed by atoms with Crippen molar-refractivity contribution >= 4 is 10.8 Å². The molecule has 1 saturated heterocycles. The van der Waals surface area contributed by atoms with E-state index < -0.39 is 10.8 Å². The molecule has 0 bridgehead atoms. The van der Waals surface area contributed by atoms with Gasteiger partial charge in [-0.1, -0.05) is 20.8 Å². The Bertz CT molecular complexity index is 209. The van der Waals surface area contributed by atoms with Crippen LogP contribution < -0.4 is 5.32 Å². The zero-order valence-electron chi connectivity index (χ0n) is 10.2. The fourth-order valence-electron chi connectivity index (χ4n) is 2.07. The first-order chi connectivity index (χ1) is 7.15. The first-order valence-corrected chi connectivity index (χ1v) is 7.43. The molecular formula is C11H24N2OS. The lowest BCUT2D eigenvalue weighted by atomic mass is 10.0. The molecule has 0 saturated carbocycles. The van der Waals surface area contributed by atoms with Crippen LogP contribution in [0, 0.1) is 5.92 Å². The summed E-state index contributed by atoms with van der Waals surface area (Å²) in [6.07, 6.45) is 0. The van der Waals surface area contributed by atoms with E-state index in [9.17, 15) is 4.21 Å². The molecular weight excluding hydrogens is 208 g/mol. The predicted octanol–water partition coefficient (Wildman–Crippen LogP) is 0.685. The van der Waals surface area contributed by atoms with Gasteiger partial charge in [0.2, 0.25) is 0 Å². The largest absolute Gasteiger partial charge is 0.314 e. The summed E-state index contributed by atoms with van der Waals surface area (Å²) in [5, 5.41) is 3.43. The summed E-state index contributed by atoms with van der Waals surface area (Å²) in [4.78, 5) is 2.49. The van der Waals surface area contributed by atoms with Gasteiger partial charge in [-0.25, -0.2) is 0 Å². The van der Waals surface area contributed by atoms with E-state index in [-0.39, 0.29) is 0 Å². The molecule has 3 nitrogen and oxygen atoms in total. The highest BCUT2D eigenvalue weighted by atomic mass is 32.2. The van der Waals surface area contributed by atoms with Gasteiger partial charge >= 0.3 is 0 Å². The fourth-order valence-corrected chi connectivity index (χ4v) is 2.79. The van der Waals surface area contributed by atoms with Crippen molar-refractivity contribution in [1.82, 2.24) is 10.2 Å². The molecule has 1 aliphatic heterocycles. The van der Waals surface area contributed by atoms with Gasteiger partial charge in [-0.2, -0.15) is 0 Å². The summed E-state index contributed by atoms with van der Waals surface area (Å²) in [7, 11) is -0.619. The smallest absolute Gasteiger partial charge is 0.0362 e. The van der Waals surface area contributed by atoms with E-state index in [0.717, 1.165) is 37.7 Å². The molecule has 0 aromatic heterocycles. The van der Waals surface area contributed by atoms with E-state index in [1.165, 1.54) is 0 Å². The molecule has 2 unspecified atom stereocenters. The molecule has 0 aromatic carbocycles. The van der Waals surface area contributed by atoms with Gasteiger partial charge in [0, 0.05) is 54.5 Å². The maximum atomic E-state index is 11.4. The topological polar surface area (TPSA) is 32.3 Å². The molecule has 0 radical (unpaired) electrons. The summed E-state index contributed by atoms with van der Waals surface area (Å²) in [5.41, 5.74) is 0. The van der Waals surface area contributed by atoms with Crippen molar-refractivity contribution in [2.45, 2.75) is 26.8 Å². The van der Waals surface area contributed by atoms with Gasteiger partial charge in [-0.3, -0.25) is 9.11 Å². The lowest BCUT2D eigenvalue weighted by Crippen LogP contribution is -2.54. The molecule has 0 amide bonds. The molecule has 2 atom stereocenters. The van der Waals surface area contributed by atoms with Crippen LogP contribution in [-0.4, -0.2) is 52.8 Å². The third kappa shape index (κ3) is 4.21. The van der Waals surface area contributed by atoms with Gasteiger partial charge in [-0.15, -0.1) is 0 Å². The molecule has 15 heavy (non-hydrogen) atoms. The van der Waals surface area contributed by atoms with Crippen molar-refractivity contribution in [2.75, 3.05) is 37.7 Å². The summed E-state index contributed by atoms with van der Waals surface area (Å²) in [5.74, 6) is 2.30. The Morgan fingerprint density at radius 1 is 1.53 bits per heavy atom. The molecule has 0 spiro atoms. The van der Waals surface area contributed by atoms with Gasteiger partial charge in [0.15, 0.2) is 0 Å². The molecule has 4 heteroatoms. The van der Waals surface area contributed by atoms with Gasteiger partial charge in [0.1, 0.15) is 0 Å². The van der Waals surface area contributed by atoms with E-state index in [4.69, 9.17) is 0 Å². The lowest BCUT2D eigenvalue weighted by Gasteiger charge is -2.38. The van der Waals surface area contributed by atoms with E-state index in [1.807, 2.05) is 6.92 Å². The first-order valence-electron chi connectivity index (χ1n) is 5.95. The molecule has 1 fully saturated rings. The first kappa shape index (κ1) is 13.1. The Hall–Kier alpha value is 0.0700. The SMILES string of the molecule is CCS(=O)CCN1CCNCC1C(C)C. The minimum atomic E-state index is -0.619. The lowest BCUT2D eigenvalue weighted by molar-refractivity contribution is 0.133. The zero-order valence-corrected chi connectivity index (χ0v) is 11.0. The average Bonchev–Trinajstić information content (AvgIpc) is 2.26. The fraction of sp³-hybridized carbons (Fsp3) is 1.00. The minimum absolute atomic E-state index is 0.618. The Morgan fingerprint density at radius 3 is 2.87 bits per heavy atom. The van der Waals surface area contributed by atoms with Gasteiger partial charge in [-0.05, 0) is 5.92 Å². The maximum absolute atomic E-state index is 11.4. The highest BCUT2D eigenvalue weighted by Crippen LogP contribution is 2.12. The van der Waals surface area contributed by atoms with Crippen molar-refractivity contribution < 1.29 is 4.21 Å². The Labute approximate surface area is 96.1 Å². The molecule has 0 aliphatic carbocycles. The summed E-state index contributed by atoms with van der Waals surface area (Å²) in [6, 6.07) is 0.618. The van der Waals surface area contributed by atoms with Crippen LogP contribution in [0.1, 0.15) is 20.8 Å². The molecule has 1 aliphatic rings. The normalized spacial score (nSPS) is 25.7. The monoisotopic (exact) mass is 232 g/mol. The second-order valence-corrected chi connectivity index (χ2v) is 6.35. The van der Waals surface area contributed by atoms with Crippen molar-refractivity contribution in [3.63, 3.8) is 0 Å². The van der Waals surface area contributed by atoms with Crippen LogP contribution >= 0.6 is 0 Å².